The van der Waals surface area contributed by atoms with E-state index in [0.717, 1.165) is 6.42 Å². The molecule has 0 aromatic rings. The second-order valence-corrected chi connectivity index (χ2v) is 4.81. The number of rotatable bonds is 4. The highest BCUT2D eigenvalue weighted by Crippen LogP contribution is 1.94. The van der Waals surface area contributed by atoms with Gasteiger partial charge in [-0.05, 0) is 20.3 Å². The van der Waals surface area contributed by atoms with E-state index >= 15 is 0 Å². The highest BCUT2D eigenvalue weighted by atomic mass is 35.5. The van der Waals surface area contributed by atoms with Gasteiger partial charge in [0, 0.05) is 6.54 Å². The Kier molecular flexibility index (Phi) is 7.26. The maximum atomic E-state index is 11.0. The van der Waals surface area contributed by atoms with Crippen molar-refractivity contribution in [2.24, 2.45) is 0 Å². The van der Waals surface area contributed by atoms with Crippen LogP contribution in [0.25, 0.3) is 0 Å². The van der Waals surface area contributed by atoms with Crippen LogP contribution in [0.2, 0.25) is 0 Å². The van der Waals surface area contributed by atoms with Crippen molar-refractivity contribution in [1.82, 2.24) is 4.72 Å². The molecule has 3 nitrogen and oxygen atoms in total. The highest BCUT2D eigenvalue weighted by Gasteiger charge is 2.13. The zero-order chi connectivity index (χ0) is 8.20. The normalized spacial score (nSPS) is 11.3. The van der Waals surface area contributed by atoms with E-state index in [9.17, 15) is 8.42 Å². The van der Waals surface area contributed by atoms with Crippen LogP contribution in [-0.4, -0.2) is 20.2 Å². The molecule has 0 aromatic heterocycles. The largest absolute Gasteiger partial charge is 0.215 e. The number of nitrogens with one attached hydrogen (secondary N) is 1. The van der Waals surface area contributed by atoms with Gasteiger partial charge in [-0.25, -0.2) is 13.1 Å². The second-order valence-electron chi connectivity index (χ2n) is 2.49. The molecule has 0 aliphatic rings. The summed E-state index contributed by atoms with van der Waals surface area (Å²) in [6.07, 6.45) is 0.839. The predicted octanol–water partition coefficient (Wildman–Crippen LogP) is 1.15. The summed E-state index contributed by atoms with van der Waals surface area (Å²) in [6.45, 7) is 5.80. The quantitative estimate of drug-likeness (QED) is 0.742. The molecule has 0 unspecified atom stereocenters. The second kappa shape index (κ2) is 5.80. The molecule has 0 aliphatic carbocycles. The maximum Gasteiger partial charge on any atom is 0.213 e. The van der Waals surface area contributed by atoms with E-state index in [1.54, 1.807) is 13.8 Å². The van der Waals surface area contributed by atoms with Crippen LogP contribution in [0, 0.1) is 0 Å². The van der Waals surface area contributed by atoms with Crippen LogP contribution in [0.15, 0.2) is 0 Å². The molecule has 0 radical (unpaired) electrons. The van der Waals surface area contributed by atoms with Crippen molar-refractivity contribution in [3.8, 4) is 0 Å². The third kappa shape index (κ3) is 5.47. The predicted molar refractivity (Wildman–Crippen MR) is 49.6 cm³/mol. The lowest BCUT2D eigenvalue weighted by atomic mass is 10.5. The molecule has 0 amide bonds. The van der Waals surface area contributed by atoms with Gasteiger partial charge in [-0.3, -0.25) is 0 Å². The SMILES string of the molecule is CCCNS(=O)(=O)C(C)C.Cl. The van der Waals surface area contributed by atoms with Crippen LogP contribution in [0.1, 0.15) is 27.2 Å². The minimum Gasteiger partial charge on any atom is -0.215 e. The molecule has 0 saturated carbocycles. The topological polar surface area (TPSA) is 46.2 Å². The molecule has 0 aromatic carbocycles. The van der Waals surface area contributed by atoms with Gasteiger partial charge in [0.1, 0.15) is 0 Å². The van der Waals surface area contributed by atoms with Gasteiger partial charge in [-0.2, -0.15) is 0 Å². The molecule has 0 atom stereocenters. The Labute approximate surface area is 75.0 Å². The van der Waals surface area contributed by atoms with E-state index in [2.05, 4.69) is 4.72 Å². The van der Waals surface area contributed by atoms with Crippen LogP contribution in [-0.2, 0) is 10.0 Å². The molecule has 70 valence electrons. The van der Waals surface area contributed by atoms with Crippen LogP contribution in [0.5, 0.6) is 0 Å². The molecule has 1 N–H and O–H groups in total. The smallest absolute Gasteiger partial charge is 0.213 e. The van der Waals surface area contributed by atoms with Crippen molar-refractivity contribution in [3.63, 3.8) is 0 Å². The van der Waals surface area contributed by atoms with Gasteiger partial charge in [0.2, 0.25) is 10.0 Å². The van der Waals surface area contributed by atoms with Crippen LogP contribution >= 0.6 is 12.4 Å². The van der Waals surface area contributed by atoms with E-state index in [4.69, 9.17) is 0 Å². The highest BCUT2D eigenvalue weighted by molar-refractivity contribution is 7.90. The fourth-order valence-electron chi connectivity index (χ4n) is 0.411. The summed E-state index contributed by atoms with van der Waals surface area (Å²) in [6, 6.07) is 0. The summed E-state index contributed by atoms with van der Waals surface area (Å²) in [5.74, 6) is 0. The van der Waals surface area contributed by atoms with E-state index in [1.165, 1.54) is 0 Å². The third-order valence-electron chi connectivity index (χ3n) is 1.17. The van der Waals surface area contributed by atoms with Crippen LogP contribution < -0.4 is 4.72 Å². The Bertz CT molecular complexity index is 177. The van der Waals surface area contributed by atoms with Crippen molar-refractivity contribution >= 4 is 22.4 Å². The number of halogens is 1. The first-order valence-electron chi connectivity index (χ1n) is 3.49. The number of hydrogen-bond donors (Lipinski definition) is 1. The number of hydrogen-bond acceptors (Lipinski definition) is 2. The molecule has 0 bridgehead atoms. The van der Waals surface area contributed by atoms with Gasteiger partial charge >= 0.3 is 0 Å². The maximum absolute atomic E-state index is 11.0. The van der Waals surface area contributed by atoms with E-state index < -0.39 is 10.0 Å². The molecular formula is C6H16ClNO2S. The zero-order valence-electron chi connectivity index (χ0n) is 7.12. The first-order chi connectivity index (χ1) is 4.50. The summed E-state index contributed by atoms with van der Waals surface area (Å²) in [7, 11) is -3.01. The molecule has 0 aliphatic heterocycles. The molecule has 0 fully saturated rings. The van der Waals surface area contributed by atoms with Gasteiger partial charge in [0.05, 0.1) is 5.25 Å². The van der Waals surface area contributed by atoms with Crippen LogP contribution in [0.4, 0.5) is 0 Å². The summed E-state index contributed by atoms with van der Waals surface area (Å²) in [4.78, 5) is 0. The zero-order valence-corrected chi connectivity index (χ0v) is 8.76. The van der Waals surface area contributed by atoms with Crippen molar-refractivity contribution < 1.29 is 8.42 Å². The lowest BCUT2D eigenvalue weighted by molar-refractivity contribution is 0.571. The van der Waals surface area contributed by atoms with Gasteiger partial charge < -0.3 is 0 Å². The minimum absolute atomic E-state index is 0. The third-order valence-corrected chi connectivity index (χ3v) is 3.02. The van der Waals surface area contributed by atoms with Gasteiger partial charge in [-0.15, -0.1) is 12.4 Å². The fraction of sp³-hybridized carbons (Fsp3) is 1.00. The summed E-state index contributed by atoms with van der Waals surface area (Å²) in [5, 5.41) is -0.320. The molecule has 11 heavy (non-hydrogen) atoms. The Balaban J connectivity index is 0. The Morgan fingerprint density at radius 3 is 2.09 bits per heavy atom. The van der Waals surface area contributed by atoms with Gasteiger partial charge in [0.25, 0.3) is 0 Å². The standard InChI is InChI=1S/C6H15NO2S.ClH/c1-4-5-7-10(8,9)6(2)3;/h6-7H,4-5H2,1-3H3;1H. The molecule has 0 spiro atoms. The molecule has 5 heteroatoms. The molecule has 0 saturated heterocycles. The van der Waals surface area contributed by atoms with E-state index in [0.29, 0.717) is 6.54 Å². The summed E-state index contributed by atoms with van der Waals surface area (Å²) >= 11 is 0. The Morgan fingerprint density at radius 2 is 1.82 bits per heavy atom. The van der Waals surface area contributed by atoms with Crippen molar-refractivity contribution in [1.29, 1.82) is 0 Å². The Hall–Kier alpha value is 0.200. The summed E-state index contributed by atoms with van der Waals surface area (Å²) < 4.78 is 24.4. The molecule has 0 heterocycles. The molecular weight excluding hydrogens is 186 g/mol. The summed E-state index contributed by atoms with van der Waals surface area (Å²) in [5.41, 5.74) is 0. The Morgan fingerprint density at radius 1 is 1.36 bits per heavy atom. The monoisotopic (exact) mass is 201 g/mol. The fourth-order valence-corrected chi connectivity index (χ4v) is 1.23. The molecule has 0 rings (SSSR count). The van der Waals surface area contributed by atoms with Crippen LogP contribution in [0.3, 0.4) is 0 Å². The average molecular weight is 202 g/mol. The first-order valence-corrected chi connectivity index (χ1v) is 5.03. The first kappa shape index (κ1) is 13.8. The number of sulfonamides is 1. The van der Waals surface area contributed by atoms with E-state index in [-0.39, 0.29) is 17.7 Å². The van der Waals surface area contributed by atoms with E-state index in [1.807, 2.05) is 6.92 Å². The van der Waals surface area contributed by atoms with Crippen molar-refractivity contribution in [3.05, 3.63) is 0 Å². The van der Waals surface area contributed by atoms with Gasteiger partial charge in [0.15, 0.2) is 0 Å². The lowest BCUT2D eigenvalue weighted by Crippen LogP contribution is -2.31. The van der Waals surface area contributed by atoms with Crippen molar-refractivity contribution in [2.75, 3.05) is 6.54 Å². The lowest BCUT2D eigenvalue weighted by Gasteiger charge is -2.07. The van der Waals surface area contributed by atoms with Gasteiger partial charge in [-0.1, -0.05) is 6.92 Å². The minimum atomic E-state index is -3.01. The average Bonchev–Trinajstić information content (AvgIpc) is 1.84. The van der Waals surface area contributed by atoms with Crippen molar-refractivity contribution in [2.45, 2.75) is 32.4 Å².